The van der Waals surface area contributed by atoms with E-state index in [1.807, 2.05) is 6.07 Å². The van der Waals surface area contributed by atoms with E-state index in [0.29, 0.717) is 12.1 Å². The van der Waals surface area contributed by atoms with Gasteiger partial charge in [0.2, 0.25) is 0 Å². The Hall–Kier alpha value is -3.07. The molecule has 0 fully saturated rings. The second-order valence-corrected chi connectivity index (χ2v) is 4.58. The van der Waals surface area contributed by atoms with Gasteiger partial charge in [0.25, 0.3) is 11.5 Å². The van der Waals surface area contributed by atoms with Crippen LogP contribution in [0.5, 0.6) is 5.75 Å². The molecule has 1 heterocycles. The monoisotopic (exact) mass is 297 g/mol. The lowest BCUT2D eigenvalue weighted by molar-refractivity contribution is -0.122. The summed E-state index contributed by atoms with van der Waals surface area (Å²) in [6.07, 6.45) is 1.63. The van der Waals surface area contributed by atoms with Gasteiger partial charge >= 0.3 is 0 Å². The fourth-order valence-corrected chi connectivity index (χ4v) is 1.90. The number of hydrogen-bond acceptors (Lipinski definition) is 4. The Bertz CT molecular complexity index is 775. The first-order valence-corrected chi connectivity index (χ1v) is 6.66. The van der Waals surface area contributed by atoms with Crippen molar-refractivity contribution in [3.8, 4) is 11.8 Å². The van der Waals surface area contributed by atoms with Crippen LogP contribution in [0.1, 0.15) is 11.1 Å². The van der Waals surface area contributed by atoms with Gasteiger partial charge in [-0.1, -0.05) is 12.1 Å². The summed E-state index contributed by atoms with van der Waals surface area (Å²) in [5.41, 5.74) is 1.05. The first kappa shape index (κ1) is 15.3. The van der Waals surface area contributed by atoms with Gasteiger partial charge in [-0.05, 0) is 29.8 Å². The van der Waals surface area contributed by atoms with Crippen LogP contribution in [-0.4, -0.2) is 24.1 Å². The fourth-order valence-electron chi connectivity index (χ4n) is 1.90. The van der Waals surface area contributed by atoms with Crippen molar-refractivity contribution in [2.24, 2.45) is 0 Å². The van der Waals surface area contributed by atoms with E-state index in [1.165, 1.54) is 17.7 Å². The van der Waals surface area contributed by atoms with Crippen LogP contribution in [0.3, 0.4) is 0 Å². The van der Waals surface area contributed by atoms with Crippen LogP contribution in [0, 0.1) is 11.3 Å². The standard InChI is InChI=1S/C16H15N3O3/c1-18-15(20)11-22-14-6-3-7-19(16(14)21)10-13-5-2-4-12(8-13)9-17/h2-8H,10-11H2,1H3,(H,18,20). The van der Waals surface area contributed by atoms with Crippen molar-refractivity contribution in [1.82, 2.24) is 9.88 Å². The number of carbonyl (C=O) groups excluding carboxylic acids is 1. The van der Waals surface area contributed by atoms with E-state index in [2.05, 4.69) is 11.4 Å². The third kappa shape index (κ3) is 3.73. The highest BCUT2D eigenvalue weighted by atomic mass is 16.5. The molecule has 2 aromatic rings. The Kier molecular flexibility index (Phi) is 4.94. The number of rotatable bonds is 5. The van der Waals surface area contributed by atoms with E-state index in [-0.39, 0.29) is 23.8 Å². The van der Waals surface area contributed by atoms with E-state index in [0.717, 1.165) is 5.56 Å². The summed E-state index contributed by atoms with van der Waals surface area (Å²) in [4.78, 5) is 23.4. The van der Waals surface area contributed by atoms with Crippen LogP contribution in [0.2, 0.25) is 0 Å². The van der Waals surface area contributed by atoms with E-state index in [1.54, 1.807) is 30.5 Å². The van der Waals surface area contributed by atoms with Crippen molar-refractivity contribution in [1.29, 1.82) is 5.26 Å². The number of benzene rings is 1. The first-order valence-electron chi connectivity index (χ1n) is 6.66. The van der Waals surface area contributed by atoms with Gasteiger partial charge < -0.3 is 14.6 Å². The van der Waals surface area contributed by atoms with Crippen molar-refractivity contribution in [2.45, 2.75) is 6.54 Å². The minimum atomic E-state index is -0.325. The van der Waals surface area contributed by atoms with Crippen LogP contribution in [-0.2, 0) is 11.3 Å². The van der Waals surface area contributed by atoms with Gasteiger partial charge in [-0.2, -0.15) is 5.26 Å². The van der Waals surface area contributed by atoms with E-state index in [4.69, 9.17) is 10.00 Å². The number of aromatic nitrogens is 1. The van der Waals surface area contributed by atoms with Gasteiger partial charge in [0.1, 0.15) is 0 Å². The zero-order valence-corrected chi connectivity index (χ0v) is 12.1. The van der Waals surface area contributed by atoms with Gasteiger partial charge in [-0.25, -0.2) is 0 Å². The van der Waals surface area contributed by atoms with Crippen LogP contribution in [0.4, 0.5) is 0 Å². The number of amides is 1. The quantitative estimate of drug-likeness (QED) is 0.888. The Morgan fingerprint density at radius 2 is 2.18 bits per heavy atom. The number of pyridine rings is 1. The van der Waals surface area contributed by atoms with Crippen molar-refractivity contribution in [3.63, 3.8) is 0 Å². The number of nitrogens with one attached hydrogen (secondary N) is 1. The van der Waals surface area contributed by atoms with E-state index < -0.39 is 0 Å². The third-order valence-corrected chi connectivity index (χ3v) is 3.03. The van der Waals surface area contributed by atoms with Crippen molar-refractivity contribution < 1.29 is 9.53 Å². The molecule has 0 atom stereocenters. The lowest BCUT2D eigenvalue weighted by Crippen LogP contribution is -2.28. The summed E-state index contributed by atoms with van der Waals surface area (Å²) >= 11 is 0. The molecule has 0 unspecified atom stereocenters. The second kappa shape index (κ2) is 7.09. The number of nitriles is 1. The van der Waals surface area contributed by atoms with Crippen LogP contribution < -0.4 is 15.6 Å². The molecule has 6 nitrogen and oxygen atoms in total. The fraction of sp³-hybridized carbons (Fsp3) is 0.188. The number of carbonyl (C=O) groups is 1. The molecule has 0 aliphatic heterocycles. The molecule has 112 valence electrons. The minimum absolute atomic E-state index is 0.113. The summed E-state index contributed by atoms with van der Waals surface area (Å²) in [5, 5.41) is 11.3. The van der Waals surface area contributed by atoms with Crippen molar-refractivity contribution >= 4 is 5.91 Å². The number of likely N-dealkylation sites (N-methyl/N-ethyl adjacent to an activating group) is 1. The number of nitrogens with zero attached hydrogens (tertiary/aromatic N) is 2. The molecule has 1 amide bonds. The normalized spacial score (nSPS) is 9.82. The van der Waals surface area contributed by atoms with Gasteiger partial charge in [0.05, 0.1) is 18.2 Å². The molecule has 0 saturated carbocycles. The maximum atomic E-state index is 12.3. The molecule has 1 aromatic carbocycles. The molecule has 0 saturated heterocycles. The molecule has 0 bridgehead atoms. The highest BCUT2D eigenvalue weighted by molar-refractivity contribution is 5.77. The van der Waals surface area contributed by atoms with Crippen LogP contribution in [0.25, 0.3) is 0 Å². The second-order valence-electron chi connectivity index (χ2n) is 4.58. The van der Waals surface area contributed by atoms with Crippen molar-refractivity contribution in [3.05, 3.63) is 64.1 Å². The molecule has 0 spiro atoms. The Labute approximate surface area is 127 Å². The van der Waals surface area contributed by atoms with Gasteiger partial charge in [0.15, 0.2) is 12.4 Å². The predicted molar refractivity (Wildman–Crippen MR) is 80.5 cm³/mol. The van der Waals surface area contributed by atoms with Gasteiger partial charge in [-0.3, -0.25) is 9.59 Å². The maximum absolute atomic E-state index is 12.3. The average Bonchev–Trinajstić information content (AvgIpc) is 2.55. The summed E-state index contributed by atoms with van der Waals surface area (Å²) in [6, 6.07) is 12.3. The van der Waals surface area contributed by atoms with E-state index >= 15 is 0 Å². The molecule has 1 N–H and O–H groups in total. The Morgan fingerprint density at radius 1 is 1.36 bits per heavy atom. The van der Waals surface area contributed by atoms with Gasteiger partial charge in [-0.15, -0.1) is 0 Å². The number of ether oxygens (including phenoxy) is 1. The molecule has 1 aromatic heterocycles. The smallest absolute Gasteiger partial charge is 0.293 e. The van der Waals surface area contributed by atoms with Gasteiger partial charge in [0, 0.05) is 13.2 Å². The lowest BCUT2D eigenvalue weighted by Gasteiger charge is -2.09. The minimum Gasteiger partial charge on any atom is -0.478 e. The first-order chi connectivity index (χ1) is 10.6. The predicted octanol–water partition coefficient (Wildman–Crippen LogP) is 0.893. The summed E-state index contributed by atoms with van der Waals surface area (Å²) < 4.78 is 6.68. The van der Waals surface area contributed by atoms with Crippen LogP contribution in [0.15, 0.2) is 47.4 Å². The molecule has 0 aliphatic rings. The maximum Gasteiger partial charge on any atom is 0.293 e. The molecule has 2 rings (SSSR count). The third-order valence-electron chi connectivity index (χ3n) is 3.03. The largest absolute Gasteiger partial charge is 0.478 e. The highest BCUT2D eigenvalue weighted by Gasteiger charge is 2.07. The molecule has 6 heteroatoms. The summed E-state index contributed by atoms with van der Waals surface area (Å²) in [6.45, 7) is 0.116. The Morgan fingerprint density at radius 3 is 2.91 bits per heavy atom. The molecule has 0 aliphatic carbocycles. The Balaban J connectivity index is 2.20. The summed E-state index contributed by atoms with van der Waals surface area (Å²) in [7, 11) is 1.50. The highest BCUT2D eigenvalue weighted by Crippen LogP contribution is 2.07. The zero-order chi connectivity index (χ0) is 15.9. The number of hydrogen-bond donors (Lipinski definition) is 1. The zero-order valence-electron chi connectivity index (χ0n) is 12.1. The molecular formula is C16H15N3O3. The lowest BCUT2D eigenvalue weighted by atomic mass is 10.1. The van der Waals surface area contributed by atoms with Crippen molar-refractivity contribution in [2.75, 3.05) is 13.7 Å². The topological polar surface area (TPSA) is 84.1 Å². The average molecular weight is 297 g/mol. The SMILES string of the molecule is CNC(=O)COc1cccn(Cc2cccc(C#N)c2)c1=O. The van der Waals surface area contributed by atoms with Crippen LogP contribution >= 0.6 is 0 Å². The summed E-state index contributed by atoms with van der Waals surface area (Å²) in [5.74, 6) is -0.195. The molecule has 0 radical (unpaired) electrons. The van der Waals surface area contributed by atoms with E-state index in [9.17, 15) is 9.59 Å². The molecular weight excluding hydrogens is 282 g/mol. The molecule has 22 heavy (non-hydrogen) atoms.